The van der Waals surface area contributed by atoms with Crippen LogP contribution in [0.5, 0.6) is 0 Å². The number of aromatic nitrogens is 4. The zero-order valence-electron chi connectivity index (χ0n) is 26.4. The van der Waals surface area contributed by atoms with Gasteiger partial charge in [-0.25, -0.2) is 22.9 Å². The molecule has 0 unspecified atom stereocenters. The van der Waals surface area contributed by atoms with E-state index in [4.69, 9.17) is 14.5 Å². The van der Waals surface area contributed by atoms with Crippen LogP contribution in [0.4, 0.5) is 16.3 Å². The van der Waals surface area contributed by atoms with Crippen molar-refractivity contribution in [2.75, 3.05) is 18.5 Å². The Bertz CT molecular complexity index is 1500. The molecule has 1 saturated carbocycles. The number of rotatable bonds is 14. The van der Waals surface area contributed by atoms with E-state index >= 15 is 0 Å². The fraction of sp³-hybridized carbons (Fsp3) is 0.586. The van der Waals surface area contributed by atoms with Crippen LogP contribution < -0.4 is 15.4 Å². The Kier molecular flexibility index (Phi) is 11.6. The number of amides is 1. The van der Waals surface area contributed by atoms with Crippen molar-refractivity contribution < 1.29 is 22.7 Å². The SMILES string of the molecule is CCNS(=O)(=O)c1cc(Nc2cnn(COCC[Si](C)(C)C)n2)ccc1-c1cnc(C2CCC(NC(=O)OC(C)C)CC2)s1. The molecule has 2 aromatic heterocycles. The van der Waals surface area contributed by atoms with Crippen LogP contribution >= 0.6 is 11.3 Å². The zero-order valence-corrected chi connectivity index (χ0v) is 29.1. The number of carbonyl (C=O) groups is 1. The van der Waals surface area contributed by atoms with E-state index < -0.39 is 18.1 Å². The summed E-state index contributed by atoms with van der Waals surface area (Å²) in [5.74, 6) is 0.741. The number of carbonyl (C=O) groups excluding carboxylic acids is 1. The topological polar surface area (TPSA) is 149 Å². The van der Waals surface area contributed by atoms with Gasteiger partial charge in [-0.1, -0.05) is 32.6 Å². The molecule has 3 N–H and O–H groups in total. The molecule has 12 nitrogen and oxygen atoms in total. The van der Waals surface area contributed by atoms with Crippen LogP contribution in [0.25, 0.3) is 10.4 Å². The number of alkyl carbamates (subject to hydrolysis) is 1. The van der Waals surface area contributed by atoms with E-state index in [2.05, 4.69) is 45.2 Å². The highest BCUT2D eigenvalue weighted by Gasteiger charge is 2.27. The Balaban J connectivity index is 1.45. The second-order valence-electron chi connectivity index (χ2n) is 12.5. The second kappa shape index (κ2) is 15.0. The molecule has 1 aliphatic carbocycles. The molecule has 0 spiro atoms. The lowest BCUT2D eigenvalue weighted by atomic mass is 9.86. The molecule has 0 bridgehead atoms. The van der Waals surface area contributed by atoms with E-state index in [0.717, 1.165) is 41.6 Å². The van der Waals surface area contributed by atoms with Gasteiger partial charge < -0.3 is 20.1 Å². The first kappa shape index (κ1) is 34.0. The summed E-state index contributed by atoms with van der Waals surface area (Å²) < 4.78 is 40.2. The van der Waals surface area contributed by atoms with Crippen LogP contribution in [-0.2, 0) is 26.2 Å². The Labute approximate surface area is 265 Å². The minimum atomic E-state index is -3.79. The Hall–Kier alpha value is -2.85. The average molecular weight is 664 g/mol. The van der Waals surface area contributed by atoms with Gasteiger partial charge in [0.2, 0.25) is 10.0 Å². The first-order chi connectivity index (χ1) is 20.8. The molecule has 0 aliphatic heterocycles. The van der Waals surface area contributed by atoms with Gasteiger partial charge in [0.1, 0.15) is 0 Å². The lowest BCUT2D eigenvalue weighted by molar-refractivity contribution is 0.0687. The molecule has 1 fully saturated rings. The normalized spacial score (nSPS) is 17.5. The molecular formula is C29H45N7O5S2Si. The third kappa shape index (κ3) is 9.82. The lowest BCUT2D eigenvalue weighted by Gasteiger charge is -2.28. The molecule has 15 heteroatoms. The third-order valence-corrected chi connectivity index (χ3v) is 11.6. The highest BCUT2D eigenvalue weighted by atomic mass is 32.2. The summed E-state index contributed by atoms with van der Waals surface area (Å²) in [6.45, 7) is 13.5. The first-order valence-electron chi connectivity index (χ1n) is 15.1. The fourth-order valence-electron chi connectivity index (χ4n) is 4.88. The van der Waals surface area contributed by atoms with E-state index in [-0.39, 0.29) is 42.3 Å². The maximum atomic E-state index is 13.3. The number of nitrogens with zero attached hydrogens (tertiary/aromatic N) is 4. The molecule has 1 amide bonds. The smallest absolute Gasteiger partial charge is 0.407 e. The largest absolute Gasteiger partial charge is 0.447 e. The number of nitrogens with one attached hydrogen (secondary N) is 3. The van der Waals surface area contributed by atoms with Gasteiger partial charge >= 0.3 is 6.09 Å². The zero-order chi connectivity index (χ0) is 31.9. The van der Waals surface area contributed by atoms with Crippen LogP contribution in [0.2, 0.25) is 25.7 Å². The van der Waals surface area contributed by atoms with E-state index in [1.807, 2.05) is 19.9 Å². The van der Waals surface area contributed by atoms with Crippen LogP contribution in [-0.4, -0.2) is 67.9 Å². The van der Waals surface area contributed by atoms with Gasteiger partial charge in [0, 0.05) is 50.6 Å². The van der Waals surface area contributed by atoms with Crippen molar-refractivity contribution in [1.29, 1.82) is 0 Å². The third-order valence-electron chi connectivity index (χ3n) is 7.15. The number of hydrogen-bond donors (Lipinski definition) is 3. The molecule has 0 atom stereocenters. The van der Waals surface area contributed by atoms with E-state index in [9.17, 15) is 13.2 Å². The fourth-order valence-corrected chi connectivity index (χ4v) is 8.12. The van der Waals surface area contributed by atoms with Crippen LogP contribution in [0, 0.1) is 0 Å². The Morgan fingerprint density at radius 2 is 1.91 bits per heavy atom. The van der Waals surface area contributed by atoms with Crippen molar-refractivity contribution in [1.82, 2.24) is 30.0 Å². The van der Waals surface area contributed by atoms with Gasteiger partial charge in [-0.3, -0.25) is 0 Å². The predicted molar refractivity (Wildman–Crippen MR) is 176 cm³/mol. The monoisotopic (exact) mass is 663 g/mol. The molecule has 1 aliphatic rings. The number of ether oxygens (including phenoxy) is 2. The number of hydrogen-bond acceptors (Lipinski definition) is 10. The van der Waals surface area contributed by atoms with E-state index in [1.165, 1.54) is 16.1 Å². The second-order valence-corrected chi connectivity index (χ2v) is 20.9. The molecular weight excluding hydrogens is 619 g/mol. The molecule has 3 aromatic rings. The maximum Gasteiger partial charge on any atom is 0.407 e. The first-order valence-corrected chi connectivity index (χ1v) is 21.2. The van der Waals surface area contributed by atoms with Crippen molar-refractivity contribution in [2.24, 2.45) is 0 Å². The van der Waals surface area contributed by atoms with Crippen molar-refractivity contribution in [2.45, 2.75) is 102 Å². The average Bonchev–Trinajstić information content (AvgIpc) is 3.61. The van der Waals surface area contributed by atoms with Gasteiger partial charge in [0.15, 0.2) is 12.5 Å². The van der Waals surface area contributed by atoms with Crippen LogP contribution in [0.3, 0.4) is 0 Å². The van der Waals surface area contributed by atoms with Crippen molar-refractivity contribution >= 4 is 47.0 Å². The lowest BCUT2D eigenvalue weighted by Crippen LogP contribution is -2.38. The highest BCUT2D eigenvalue weighted by molar-refractivity contribution is 7.89. The molecule has 0 radical (unpaired) electrons. The molecule has 44 heavy (non-hydrogen) atoms. The van der Waals surface area contributed by atoms with E-state index in [1.54, 1.807) is 31.5 Å². The number of thiazole rings is 1. The van der Waals surface area contributed by atoms with Crippen LogP contribution in [0.1, 0.15) is 57.4 Å². The highest BCUT2D eigenvalue weighted by Crippen LogP contribution is 2.40. The van der Waals surface area contributed by atoms with E-state index in [0.29, 0.717) is 23.7 Å². The van der Waals surface area contributed by atoms with Crippen molar-refractivity contribution in [3.8, 4) is 10.4 Å². The molecule has 1 aromatic carbocycles. The number of sulfonamides is 1. The molecule has 0 saturated heterocycles. The van der Waals surface area contributed by atoms with Gasteiger partial charge in [0.05, 0.1) is 27.1 Å². The number of benzene rings is 1. The summed E-state index contributed by atoms with van der Waals surface area (Å²) in [7, 11) is -4.97. The summed E-state index contributed by atoms with van der Waals surface area (Å²) in [5.41, 5.74) is 1.16. The molecule has 4 rings (SSSR count). The molecule has 242 valence electrons. The van der Waals surface area contributed by atoms with Crippen molar-refractivity contribution in [3.05, 3.63) is 35.6 Å². The number of anilines is 2. The van der Waals surface area contributed by atoms with Gasteiger partial charge in [-0.2, -0.15) is 9.90 Å². The van der Waals surface area contributed by atoms with Gasteiger partial charge in [-0.15, -0.1) is 16.4 Å². The molecule has 2 heterocycles. The maximum absolute atomic E-state index is 13.3. The van der Waals surface area contributed by atoms with Gasteiger partial charge in [0.25, 0.3) is 0 Å². The predicted octanol–water partition coefficient (Wildman–Crippen LogP) is 5.92. The van der Waals surface area contributed by atoms with Crippen LogP contribution in [0.15, 0.2) is 35.5 Å². The van der Waals surface area contributed by atoms with Crippen molar-refractivity contribution in [3.63, 3.8) is 0 Å². The summed E-state index contributed by atoms with van der Waals surface area (Å²) >= 11 is 1.52. The minimum absolute atomic E-state index is 0.0814. The summed E-state index contributed by atoms with van der Waals surface area (Å²) in [6, 6.07) is 6.39. The standard InChI is InChI=1S/C29H45N7O5S2Si/c1-7-32-43(38,39)26-16-23(33-27-18-31-36(35-27)19-40-14-15-44(4,5)6)12-13-24(26)25-17-30-28(42-25)21-8-10-22(11-9-21)34-29(37)41-20(2)3/h12-13,16-18,20-22,32H,7-11,14-15,19H2,1-6H3,(H,33,35)(H,34,37). The summed E-state index contributed by atoms with van der Waals surface area (Å²) in [6.07, 6.45) is 6.25. The quantitative estimate of drug-likeness (QED) is 0.141. The Morgan fingerprint density at radius 1 is 1.16 bits per heavy atom. The summed E-state index contributed by atoms with van der Waals surface area (Å²) in [5, 5.41) is 15.8. The summed E-state index contributed by atoms with van der Waals surface area (Å²) in [4.78, 5) is 19.1. The minimum Gasteiger partial charge on any atom is -0.447 e. The Morgan fingerprint density at radius 3 is 2.59 bits per heavy atom. The van der Waals surface area contributed by atoms with Gasteiger partial charge in [-0.05, 0) is 57.7 Å².